The van der Waals surface area contributed by atoms with E-state index in [1.165, 1.54) is 58.7 Å². The van der Waals surface area contributed by atoms with Gasteiger partial charge in [-0.3, -0.25) is 4.57 Å². The Morgan fingerprint density at radius 2 is 1.35 bits per heavy atom. The van der Waals surface area contributed by atoms with E-state index < -0.39 is 7.60 Å². The molecule has 0 saturated carbocycles. The van der Waals surface area contributed by atoms with Crippen LogP contribution < -0.4 is 0 Å². The third kappa shape index (κ3) is 12.4. The molecule has 0 aromatic heterocycles. The molecule has 0 rings (SSSR count). The molecule has 0 aliphatic heterocycles. The van der Waals surface area contributed by atoms with Crippen LogP contribution in [0.1, 0.15) is 64.7 Å². The minimum atomic E-state index is -2.75. The predicted molar refractivity (Wildman–Crippen MR) is 73.7 cm³/mol. The van der Waals surface area contributed by atoms with Gasteiger partial charge in [0.2, 0.25) is 0 Å². The number of hydrogen-bond acceptors (Lipinski definition) is 3. The fraction of sp³-hybridized carbons (Fsp3) is 1.00. The van der Waals surface area contributed by atoms with E-state index in [-0.39, 0.29) is 0 Å². The summed E-state index contributed by atoms with van der Waals surface area (Å²) in [6, 6.07) is 0. The van der Waals surface area contributed by atoms with Crippen LogP contribution in [0, 0.1) is 0 Å². The molecule has 0 aliphatic carbocycles. The number of rotatable bonds is 12. The van der Waals surface area contributed by atoms with Crippen molar-refractivity contribution in [3.8, 4) is 0 Å². The normalized spacial score (nSPS) is 14.8. The van der Waals surface area contributed by atoms with Crippen LogP contribution >= 0.6 is 7.60 Å². The summed E-state index contributed by atoms with van der Waals surface area (Å²) in [5.74, 6) is 0. The first-order valence-corrected chi connectivity index (χ1v) is 8.89. The summed E-state index contributed by atoms with van der Waals surface area (Å²) in [5.41, 5.74) is 0. The third-order valence-electron chi connectivity index (χ3n) is 2.91. The van der Waals surface area contributed by atoms with Gasteiger partial charge < -0.3 is 9.05 Å². The molecule has 1 unspecified atom stereocenters. The molecule has 1 atom stereocenters. The largest absolute Gasteiger partial charge is 0.327 e. The van der Waals surface area contributed by atoms with Crippen molar-refractivity contribution in [1.82, 2.24) is 0 Å². The first-order valence-electron chi connectivity index (χ1n) is 6.90. The summed E-state index contributed by atoms with van der Waals surface area (Å²) >= 11 is 0. The lowest BCUT2D eigenvalue weighted by atomic mass is 10.1. The van der Waals surface area contributed by atoms with Crippen LogP contribution in [-0.2, 0) is 13.6 Å². The van der Waals surface area contributed by atoms with E-state index in [1.807, 2.05) is 0 Å². The van der Waals surface area contributed by atoms with Gasteiger partial charge in [-0.25, -0.2) is 0 Å². The molecule has 0 aromatic carbocycles. The van der Waals surface area contributed by atoms with Crippen LogP contribution in [0.3, 0.4) is 0 Å². The standard InChI is InChI=1S/C13H29O3P/c1-4-5-6-7-8-9-10-11-12-13-16-17(3,14)15-2/h4-13H2,1-3H3. The van der Waals surface area contributed by atoms with Crippen molar-refractivity contribution in [3.63, 3.8) is 0 Å². The minimum Gasteiger partial charge on any atom is -0.312 e. The van der Waals surface area contributed by atoms with Crippen molar-refractivity contribution >= 4 is 7.60 Å². The Kier molecular flexibility index (Phi) is 11.4. The smallest absolute Gasteiger partial charge is 0.312 e. The Bertz CT molecular complexity index is 207. The molecule has 3 nitrogen and oxygen atoms in total. The van der Waals surface area contributed by atoms with Gasteiger partial charge in [0.15, 0.2) is 0 Å². The summed E-state index contributed by atoms with van der Waals surface area (Å²) in [6.45, 7) is 4.31. The molecular formula is C13H29O3P. The maximum atomic E-state index is 11.4. The van der Waals surface area contributed by atoms with Crippen LogP contribution in [0.4, 0.5) is 0 Å². The zero-order valence-corrected chi connectivity index (χ0v) is 12.6. The van der Waals surface area contributed by atoms with Crippen molar-refractivity contribution in [3.05, 3.63) is 0 Å². The van der Waals surface area contributed by atoms with E-state index in [0.717, 1.165) is 12.8 Å². The van der Waals surface area contributed by atoms with Crippen LogP contribution in [0.2, 0.25) is 0 Å². The Morgan fingerprint density at radius 3 is 1.82 bits per heavy atom. The van der Waals surface area contributed by atoms with E-state index >= 15 is 0 Å². The third-order valence-corrected chi connectivity index (χ3v) is 4.22. The average Bonchev–Trinajstić information content (AvgIpc) is 2.31. The van der Waals surface area contributed by atoms with E-state index in [9.17, 15) is 4.57 Å². The van der Waals surface area contributed by atoms with Crippen molar-refractivity contribution in [2.45, 2.75) is 64.7 Å². The van der Waals surface area contributed by atoms with Gasteiger partial charge in [0.25, 0.3) is 0 Å². The van der Waals surface area contributed by atoms with Gasteiger partial charge in [-0.1, -0.05) is 58.3 Å². The summed E-state index contributed by atoms with van der Waals surface area (Å²) in [7, 11) is -1.32. The van der Waals surface area contributed by atoms with Gasteiger partial charge in [-0.15, -0.1) is 0 Å². The fourth-order valence-electron chi connectivity index (χ4n) is 1.70. The zero-order valence-electron chi connectivity index (χ0n) is 11.7. The molecule has 0 radical (unpaired) electrons. The highest BCUT2D eigenvalue weighted by Gasteiger charge is 2.12. The molecule has 17 heavy (non-hydrogen) atoms. The Morgan fingerprint density at radius 1 is 0.882 bits per heavy atom. The number of unbranched alkanes of at least 4 members (excludes halogenated alkanes) is 8. The second-order valence-corrected chi connectivity index (χ2v) is 6.78. The SMILES string of the molecule is CCCCCCCCCCCOP(C)(=O)OC. The maximum absolute atomic E-state index is 11.4. The first-order chi connectivity index (χ1) is 8.12. The topological polar surface area (TPSA) is 35.5 Å². The highest BCUT2D eigenvalue weighted by Crippen LogP contribution is 2.42. The highest BCUT2D eigenvalue weighted by molar-refractivity contribution is 7.52. The van der Waals surface area contributed by atoms with Gasteiger partial charge in [0.1, 0.15) is 0 Å². The Labute approximate surface area is 107 Å². The lowest BCUT2D eigenvalue weighted by Gasteiger charge is -2.10. The highest BCUT2D eigenvalue weighted by atomic mass is 31.2. The lowest BCUT2D eigenvalue weighted by molar-refractivity contribution is 0.233. The molecule has 0 saturated heterocycles. The molecule has 0 amide bonds. The lowest BCUT2D eigenvalue weighted by Crippen LogP contribution is -1.94. The van der Waals surface area contributed by atoms with Gasteiger partial charge in [-0.2, -0.15) is 0 Å². The van der Waals surface area contributed by atoms with Crippen molar-refractivity contribution < 1.29 is 13.6 Å². The summed E-state index contributed by atoms with van der Waals surface area (Å²) < 4.78 is 21.3. The molecule has 0 aromatic rings. The van der Waals surface area contributed by atoms with Crippen LogP contribution in [-0.4, -0.2) is 20.4 Å². The van der Waals surface area contributed by atoms with E-state index in [2.05, 4.69) is 6.92 Å². The molecule has 0 spiro atoms. The number of hydrogen-bond donors (Lipinski definition) is 0. The van der Waals surface area contributed by atoms with Crippen LogP contribution in [0.25, 0.3) is 0 Å². The van der Waals surface area contributed by atoms with Gasteiger partial charge in [-0.05, 0) is 6.42 Å². The quantitative estimate of drug-likeness (QED) is 0.367. The van der Waals surface area contributed by atoms with Crippen molar-refractivity contribution in [2.75, 3.05) is 20.4 Å². The second kappa shape index (κ2) is 11.3. The van der Waals surface area contributed by atoms with Gasteiger partial charge >= 0.3 is 7.60 Å². The summed E-state index contributed by atoms with van der Waals surface area (Å²) in [5, 5.41) is 0. The van der Waals surface area contributed by atoms with E-state index in [1.54, 1.807) is 0 Å². The van der Waals surface area contributed by atoms with E-state index in [0.29, 0.717) is 6.61 Å². The van der Waals surface area contributed by atoms with E-state index in [4.69, 9.17) is 9.05 Å². The van der Waals surface area contributed by atoms with Gasteiger partial charge in [0, 0.05) is 13.8 Å². The molecule has 104 valence electrons. The molecular weight excluding hydrogens is 235 g/mol. The van der Waals surface area contributed by atoms with Crippen molar-refractivity contribution in [1.29, 1.82) is 0 Å². The monoisotopic (exact) mass is 264 g/mol. The first kappa shape index (κ1) is 17.2. The summed E-state index contributed by atoms with van der Waals surface area (Å²) in [6.07, 6.45) is 11.5. The Balaban J connectivity index is 3.11. The maximum Gasteiger partial charge on any atom is 0.327 e. The fourth-order valence-corrected chi connectivity index (χ4v) is 2.26. The second-order valence-electron chi connectivity index (χ2n) is 4.62. The zero-order chi connectivity index (χ0) is 13.0. The van der Waals surface area contributed by atoms with Gasteiger partial charge in [0.05, 0.1) is 6.61 Å². The van der Waals surface area contributed by atoms with Crippen LogP contribution in [0.5, 0.6) is 0 Å². The van der Waals surface area contributed by atoms with Crippen LogP contribution in [0.15, 0.2) is 0 Å². The molecule has 0 fully saturated rings. The summed E-state index contributed by atoms with van der Waals surface area (Å²) in [4.78, 5) is 0. The molecule has 4 heteroatoms. The molecule has 0 heterocycles. The molecule has 0 N–H and O–H groups in total. The Hall–Kier alpha value is 0.150. The molecule has 0 bridgehead atoms. The predicted octanol–water partition coefficient (Wildman–Crippen LogP) is 5.00. The molecule has 0 aliphatic rings. The van der Waals surface area contributed by atoms with Crippen molar-refractivity contribution in [2.24, 2.45) is 0 Å². The minimum absolute atomic E-state index is 0.553. The average molecular weight is 264 g/mol.